The molecule has 22 heavy (non-hydrogen) atoms. The van der Waals surface area contributed by atoms with E-state index in [1.165, 1.54) is 18.2 Å². The van der Waals surface area contributed by atoms with E-state index in [4.69, 9.17) is 0 Å². The van der Waals surface area contributed by atoms with Crippen molar-refractivity contribution in [1.82, 2.24) is 5.32 Å². The number of amides is 1. The molecule has 1 amide bonds. The Hall–Kier alpha value is -2.28. The number of hydrogen-bond acceptors (Lipinski definition) is 3. The first-order chi connectivity index (χ1) is 10.6. The molecule has 0 aliphatic heterocycles. The number of aryl methyl sites for hydroxylation is 2. The first-order valence-electron chi connectivity index (χ1n) is 7.85. The summed E-state index contributed by atoms with van der Waals surface area (Å²) in [6.45, 7) is 4.03. The van der Waals surface area contributed by atoms with Gasteiger partial charge in [0.05, 0.1) is 0 Å². The predicted molar refractivity (Wildman–Crippen MR) is 88.3 cm³/mol. The maximum atomic E-state index is 12.2. The summed E-state index contributed by atoms with van der Waals surface area (Å²) >= 11 is 0. The number of nitriles is 1. The van der Waals surface area contributed by atoms with Gasteiger partial charge in [-0.15, -0.1) is 0 Å². The molecule has 0 bridgehead atoms. The monoisotopic (exact) mass is 297 g/mol. The van der Waals surface area contributed by atoms with Gasteiger partial charge in [-0.05, 0) is 38.3 Å². The molecule has 0 radical (unpaired) electrons. The van der Waals surface area contributed by atoms with Crippen molar-refractivity contribution in [3.8, 4) is 6.07 Å². The Morgan fingerprint density at radius 2 is 2.00 bits per heavy atom. The third-order valence-corrected chi connectivity index (χ3v) is 4.06. The summed E-state index contributed by atoms with van der Waals surface area (Å²) in [7, 11) is 0. The first-order valence-corrected chi connectivity index (χ1v) is 7.85. The zero-order chi connectivity index (χ0) is 15.9. The van der Waals surface area contributed by atoms with Crippen LogP contribution in [-0.4, -0.2) is 11.9 Å². The van der Waals surface area contributed by atoms with Gasteiger partial charge in [-0.25, -0.2) is 0 Å². The molecule has 116 valence electrons. The number of nitrogens with zero attached hydrogens (tertiary/aromatic N) is 1. The average molecular weight is 297 g/mol. The SMILES string of the molecule is Cc1ccc(N/C=C(/C#N)C(=O)NC2CCCCC2)c(C)c1. The van der Waals surface area contributed by atoms with Gasteiger partial charge in [0.2, 0.25) is 0 Å². The zero-order valence-electron chi connectivity index (χ0n) is 13.3. The topological polar surface area (TPSA) is 64.9 Å². The van der Waals surface area contributed by atoms with Gasteiger partial charge in [0.15, 0.2) is 0 Å². The normalized spacial score (nSPS) is 16.0. The number of rotatable bonds is 4. The second kappa shape index (κ2) is 7.65. The summed E-state index contributed by atoms with van der Waals surface area (Å²) in [5.41, 5.74) is 3.29. The molecular formula is C18H23N3O. The highest BCUT2D eigenvalue weighted by molar-refractivity contribution is 5.97. The second-order valence-corrected chi connectivity index (χ2v) is 5.94. The molecule has 4 heteroatoms. The molecular weight excluding hydrogens is 274 g/mol. The maximum absolute atomic E-state index is 12.2. The van der Waals surface area contributed by atoms with E-state index in [0.717, 1.165) is 36.9 Å². The molecule has 0 aromatic heterocycles. The standard InChI is InChI=1S/C18H23N3O/c1-13-8-9-17(14(2)10-13)20-12-15(11-19)18(22)21-16-6-4-3-5-7-16/h8-10,12,16,20H,3-7H2,1-2H3,(H,21,22)/b15-12-. The van der Waals surface area contributed by atoms with Crippen molar-refractivity contribution in [2.45, 2.75) is 52.0 Å². The molecule has 1 aliphatic carbocycles. The Morgan fingerprint density at radius 1 is 1.27 bits per heavy atom. The lowest BCUT2D eigenvalue weighted by Crippen LogP contribution is -2.37. The van der Waals surface area contributed by atoms with Gasteiger partial charge in [-0.1, -0.05) is 37.0 Å². The lowest BCUT2D eigenvalue weighted by atomic mass is 9.95. The lowest BCUT2D eigenvalue weighted by molar-refractivity contribution is -0.118. The summed E-state index contributed by atoms with van der Waals surface area (Å²) in [5.74, 6) is -0.285. The number of nitrogens with one attached hydrogen (secondary N) is 2. The Balaban J connectivity index is 2.00. The van der Waals surface area contributed by atoms with E-state index in [1.807, 2.05) is 32.0 Å². The molecule has 1 fully saturated rings. The van der Waals surface area contributed by atoms with Crippen LogP contribution in [0, 0.1) is 25.2 Å². The van der Waals surface area contributed by atoms with Crippen LogP contribution >= 0.6 is 0 Å². The van der Waals surface area contributed by atoms with E-state index in [9.17, 15) is 10.1 Å². The maximum Gasteiger partial charge on any atom is 0.263 e. The highest BCUT2D eigenvalue weighted by atomic mass is 16.1. The molecule has 0 saturated heterocycles. The molecule has 1 saturated carbocycles. The number of carbonyl (C=O) groups excluding carboxylic acids is 1. The molecule has 0 spiro atoms. The van der Waals surface area contributed by atoms with Crippen molar-refractivity contribution < 1.29 is 4.79 Å². The van der Waals surface area contributed by atoms with Gasteiger partial charge in [0, 0.05) is 17.9 Å². The molecule has 0 atom stereocenters. The minimum atomic E-state index is -0.285. The van der Waals surface area contributed by atoms with E-state index in [-0.39, 0.29) is 17.5 Å². The molecule has 0 heterocycles. The molecule has 2 N–H and O–H groups in total. The molecule has 2 rings (SSSR count). The third-order valence-electron chi connectivity index (χ3n) is 4.06. The minimum absolute atomic E-state index is 0.116. The second-order valence-electron chi connectivity index (χ2n) is 5.94. The molecule has 1 aliphatic rings. The summed E-state index contributed by atoms with van der Waals surface area (Å²) in [6, 6.07) is 8.20. The number of benzene rings is 1. The van der Waals surface area contributed by atoms with Gasteiger partial charge in [0.25, 0.3) is 5.91 Å². The van der Waals surface area contributed by atoms with E-state index < -0.39 is 0 Å². The molecule has 1 aromatic rings. The van der Waals surface area contributed by atoms with Crippen molar-refractivity contribution in [3.63, 3.8) is 0 Å². The number of carbonyl (C=O) groups is 1. The van der Waals surface area contributed by atoms with E-state index >= 15 is 0 Å². The molecule has 1 aromatic carbocycles. The lowest BCUT2D eigenvalue weighted by Gasteiger charge is -2.22. The van der Waals surface area contributed by atoms with Crippen molar-refractivity contribution in [1.29, 1.82) is 5.26 Å². The summed E-state index contributed by atoms with van der Waals surface area (Å²) in [6.07, 6.45) is 7.05. The summed E-state index contributed by atoms with van der Waals surface area (Å²) in [5, 5.41) is 15.2. The van der Waals surface area contributed by atoms with Gasteiger partial charge < -0.3 is 10.6 Å². The van der Waals surface area contributed by atoms with Crippen LogP contribution in [0.5, 0.6) is 0 Å². The van der Waals surface area contributed by atoms with Gasteiger partial charge in [-0.2, -0.15) is 5.26 Å². The van der Waals surface area contributed by atoms with Crippen molar-refractivity contribution >= 4 is 11.6 Å². The largest absolute Gasteiger partial charge is 0.360 e. The van der Waals surface area contributed by atoms with Crippen LogP contribution in [0.2, 0.25) is 0 Å². The van der Waals surface area contributed by atoms with Crippen molar-refractivity contribution in [3.05, 3.63) is 41.1 Å². The fourth-order valence-electron chi connectivity index (χ4n) is 2.78. The Labute approximate surface area is 132 Å². The smallest absolute Gasteiger partial charge is 0.263 e. The van der Waals surface area contributed by atoms with Crippen molar-refractivity contribution in [2.75, 3.05) is 5.32 Å². The molecule has 4 nitrogen and oxygen atoms in total. The quantitative estimate of drug-likeness (QED) is 0.659. The van der Waals surface area contributed by atoms with Gasteiger partial charge in [0.1, 0.15) is 11.6 Å². The van der Waals surface area contributed by atoms with Crippen LogP contribution in [0.3, 0.4) is 0 Å². The average Bonchev–Trinajstić information content (AvgIpc) is 2.50. The van der Waals surface area contributed by atoms with Crippen LogP contribution in [0.15, 0.2) is 30.0 Å². The Morgan fingerprint density at radius 3 is 2.64 bits per heavy atom. The number of hydrogen-bond donors (Lipinski definition) is 2. The van der Waals surface area contributed by atoms with Crippen LogP contribution in [0.25, 0.3) is 0 Å². The minimum Gasteiger partial charge on any atom is -0.360 e. The highest BCUT2D eigenvalue weighted by Crippen LogP contribution is 2.18. The van der Waals surface area contributed by atoms with E-state index in [0.29, 0.717) is 0 Å². The van der Waals surface area contributed by atoms with E-state index in [1.54, 1.807) is 0 Å². The van der Waals surface area contributed by atoms with Gasteiger partial charge in [-0.3, -0.25) is 4.79 Å². The van der Waals surface area contributed by atoms with Crippen LogP contribution in [0.1, 0.15) is 43.2 Å². The molecule has 0 unspecified atom stereocenters. The summed E-state index contributed by atoms with van der Waals surface area (Å²) < 4.78 is 0. The van der Waals surface area contributed by atoms with Crippen LogP contribution < -0.4 is 10.6 Å². The third kappa shape index (κ3) is 4.36. The fraction of sp³-hybridized carbons (Fsp3) is 0.444. The van der Waals surface area contributed by atoms with Crippen LogP contribution in [0.4, 0.5) is 5.69 Å². The highest BCUT2D eigenvalue weighted by Gasteiger charge is 2.18. The fourth-order valence-corrected chi connectivity index (χ4v) is 2.78. The first kappa shape index (κ1) is 16.1. The number of anilines is 1. The Bertz CT molecular complexity index is 607. The predicted octanol–water partition coefficient (Wildman–Crippen LogP) is 3.57. The van der Waals surface area contributed by atoms with Crippen LogP contribution in [-0.2, 0) is 4.79 Å². The summed E-state index contributed by atoms with van der Waals surface area (Å²) in [4.78, 5) is 12.2. The van der Waals surface area contributed by atoms with Gasteiger partial charge >= 0.3 is 0 Å². The Kier molecular flexibility index (Phi) is 5.60. The van der Waals surface area contributed by atoms with E-state index in [2.05, 4.69) is 16.7 Å². The zero-order valence-corrected chi connectivity index (χ0v) is 13.3. The van der Waals surface area contributed by atoms with Crippen molar-refractivity contribution in [2.24, 2.45) is 0 Å².